The fourth-order valence-corrected chi connectivity index (χ4v) is 4.14. The van der Waals surface area contributed by atoms with Crippen LogP contribution >= 0.6 is 0 Å². The molecule has 33 heavy (non-hydrogen) atoms. The van der Waals surface area contributed by atoms with Crippen molar-refractivity contribution in [1.82, 2.24) is 0 Å². The van der Waals surface area contributed by atoms with Gasteiger partial charge in [0.25, 0.3) is 0 Å². The molecule has 3 nitrogen and oxygen atoms in total. The summed E-state index contributed by atoms with van der Waals surface area (Å²) in [5, 5.41) is 0. The molecule has 0 fully saturated rings. The van der Waals surface area contributed by atoms with Crippen molar-refractivity contribution in [2.75, 3.05) is 6.61 Å². The third-order valence-electron chi connectivity index (χ3n) is 6.18. The Hall–Kier alpha value is -2.29. The van der Waals surface area contributed by atoms with Crippen LogP contribution in [-0.2, 0) is 9.53 Å². The maximum absolute atomic E-state index is 11.1. The zero-order valence-corrected chi connectivity index (χ0v) is 21.1. The second-order valence-electron chi connectivity index (χ2n) is 9.14. The minimum absolute atomic E-state index is 0.229. The second-order valence-corrected chi connectivity index (χ2v) is 9.14. The minimum Gasteiger partial charge on any atom is -0.494 e. The van der Waals surface area contributed by atoms with Crippen LogP contribution in [0.15, 0.2) is 48.5 Å². The summed E-state index contributed by atoms with van der Waals surface area (Å²) < 4.78 is 11.2. The van der Waals surface area contributed by atoms with Gasteiger partial charge in [-0.3, -0.25) is 4.79 Å². The van der Waals surface area contributed by atoms with Gasteiger partial charge in [-0.1, -0.05) is 114 Å². The molecule has 0 aliphatic carbocycles. The molecule has 0 radical (unpaired) electrons. The summed E-state index contributed by atoms with van der Waals surface area (Å²) in [6, 6.07) is 16.5. The molecule has 0 saturated heterocycles. The first-order valence-electron chi connectivity index (χ1n) is 13.1. The monoisotopic (exact) mass is 452 g/mol. The molecule has 2 rings (SSSR count). The molecule has 1 atom stereocenters. The normalized spacial score (nSPS) is 11.8. The Bertz CT molecular complexity index is 764. The number of carbonyl (C=O) groups excluding carboxylic acids is 1. The van der Waals surface area contributed by atoms with Crippen LogP contribution in [-0.4, -0.2) is 12.6 Å². The number of hydrogen-bond donors (Lipinski definition) is 0. The molecule has 0 spiro atoms. The lowest BCUT2D eigenvalue weighted by molar-refractivity contribution is -0.145. The number of hydrogen-bond acceptors (Lipinski definition) is 3. The lowest BCUT2D eigenvalue weighted by Gasteiger charge is -2.13. The molecule has 0 aliphatic rings. The molecule has 0 saturated carbocycles. The van der Waals surface area contributed by atoms with E-state index < -0.39 is 0 Å². The Morgan fingerprint density at radius 3 is 1.64 bits per heavy atom. The van der Waals surface area contributed by atoms with Crippen molar-refractivity contribution < 1.29 is 14.3 Å². The first-order chi connectivity index (χ1) is 16.1. The predicted molar refractivity (Wildman–Crippen MR) is 139 cm³/mol. The summed E-state index contributed by atoms with van der Waals surface area (Å²) in [6.45, 7) is 6.39. The molecule has 3 heteroatoms. The zero-order valence-electron chi connectivity index (χ0n) is 21.1. The number of unbranched alkanes of at least 4 members (excludes halogenated alkanes) is 11. The fraction of sp³-hybridized carbons (Fsp3) is 0.567. The molecule has 2 aromatic rings. The quantitative estimate of drug-likeness (QED) is 0.177. The van der Waals surface area contributed by atoms with Gasteiger partial charge in [-0.25, -0.2) is 0 Å². The number of ether oxygens (including phenoxy) is 2. The summed E-state index contributed by atoms with van der Waals surface area (Å²) >= 11 is 0. The van der Waals surface area contributed by atoms with Crippen LogP contribution in [0.5, 0.6) is 5.75 Å². The van der Waals surface area contributed by atoms with Gasteiger partial charge in [0, 0.05) is 6.92 Å². The molecule has 0 aromatic heterocycles. The predicted octanol–water partition coefficient (Wildman–Crippen LogP) is 9.06. The van der Waals surface area contributed by atoms with Gasteiger partial charge in [-0.15, -0.1) is 0 Å². The van der Waals surface area contributed by atoms with Crippen LogP contribution < -0.4 is 4.74 Å². The molecular formula is C30H44O3. The van der Waals surface area contributed by atoms with E-state index in [2.05, 4.69) is 31.2 Å². The van der Waals surface area contributed by atoms with Gasteiger partial charge in [0.1, 0.15) is 11.9 Å². The van der Waals surface area contributed by atoms with Crippen molar-refractivity contribution >= 4 is 5.97 Å². The maximum Gasteiger partial charge on any atom is 0.303 e. The topological polar surface area (TPSA) is 35.5 Å². The number of carbonyl (C=O) groups is 1. The molecule has 0 amide bonds. The van der Waals surface area contributed by atoms with E-state index in [1.807, 2.05) is 31.2 Å². The summed E-state index contributed by atoms with van der Waals surface area (Å²) in [5.74, 6) is 0.674. The SMILES string of the molecule is CCCCCCCCCCCCCCOc1ccc(-c2ccc(C(C)OC(C)=O)cc2)cc1. The Labute approximate surface area is 201 Å². The average molecular weight is 453 g/mol. The van der Waals surface area contributed by atoms with E-state index in [0.717, 1.165) is 35.5 Å². The highest BCUT2D eigenvalue weighted by Crippen LogP contribution is 2.25. The Morgan fingerprint density at radius 2 is 1.15 bits per heavy atom. The summed E-state index contributed by atoms with van der Waals surface area (Å²) in [4.78, 5) is 11.1. The van der Waals surface area contributed by atoms with Crippen LogP contribution in [0.4, 0.5) is 0 Å². The van der Waals surface area contributed by atoms with Crippen molar-refractivity contribution in [3.05, 3.63) is 54.1 Å². The van der Waals surface area contributed by atoms with Crippen LogP contribution in [0.3, 0.4) is 0 Å². The molecule has 1 unspecified atom stereocenters. The smallest absolute Gasteiger partial charge is 0.303 e. The first-order valence-corrected chi connectivity index (χ1v) is 13.1. The van der Waals surface area contributed by atoms with Crippen molar-refractivity contribution in [3.63, 3.8) is 0 Å². The summed E-state index contributed by atoms with van der Waals surface area (Å²) in [6.07, 6.45) is 16.1. The van der Waals surface area contributed by atoms with Crippen molar-refractivity contribution in [2.45, 2.75) is 104 Å². The van der Waals surface area contributed by atoms with Gasteiger partial charge in [-0.05, 0) is 42.2 Å². The highest BCUT2D eigenvalue weighted by molar-refractivity contribution is 5.67. The fourth-order valence-electron chi connectivity index (χ4n) is 4.14. The minimum atomic E-state index is -0.259. The molecule has 182 valence electrons. The Kier molecular flexibility index (Phi) is 13.4. The van der Waals surface area contributed by atoms with E-state index >= 15 is 0 Å². The van der Waals surface area contributed by atoms with Crippen molar-refractivity contribution in [2.24, 2.45) is 0 Å². The average Bonchev–Trinajstić information content (AvgIpc) is 2.82. The molecule has 2 aromatic carbocycles. The van der Waals surface area contributed by atoms with Gasteiger partial charge >= 0.3 is 5.97 Å². The van der Waals surface area contributed by atoms with Gasteiger partial charge in [0.05, 0.1) is 6.61 Å². The van der Waals surface area contributed by atoms with Gasteiger partial charge in [0.2, 0.25) is 0 Å². The van der Waals surface area contributed by atoms with Crippen LogP contribution in [0.2, 0.25) is 0 Å². The highest BCUT2D eigenvalue weighted by atomic mass is 16.5. The third-order valence-corrected chi connectivity index (χ3v) is 6.18. The Morgan fingerprint density at radius 1 is 0.697 bits per heavy atom. The second kappa shape index (κ2) is 16.3. The van der Waals surface area contributed by atoms with Crippen LogP contribution in [0.1, 0.15) is 109 Å². The van der Waals surface area contributed by atoms with E-state index in [4.69, 9.17) is 9.47 Å². The molecule has 0 N–H and O–H groups in total. The van der Waals surface area contributed by atoms with Crippen LogP contribution in [0, 0.1) is 0 Å². The molecule has 0 aliphatic heterocycles. The standard InChI is InChI=1S/C30H44O3/c1-4-5-6-7-8-9-10-11-12-13-14-15-24-32-30-22-20-29(21-23-30)28-18-16-27(17-19-28)25(2)33-26(3)31/h16-23,25H,4-15,24H2,1-3H3. The van der Waals surface area contributed by atoms with E-state index in [0.29, 0.717) is 0 Å². The van der Waals surface area contributed by atoms with Crippen molar-refractivity contribution in [1.29, 1.82) is 0 Å². The largest absolute Gasteiger partial charge is 0.494 e. The van der Waals surface area contributed by atoms with Gasteiger partial charge < -0.3 is 9.47 Å². The highest BCUT2D eigenvalue weighted by Gasteiger charge is 2.08. The maximum atomic E-state index is 11.1. The lowest BCUT2D eigenvalue weighted by atomic mass is 10.0. The van der Waals surface area contributed by atoms with E-state index in [1.165, 1.54) is 77.6 Å². The number of esters is 1. The van der Waals surface area contributed by atoms with E-state index in [9.17, 15) is 4.79 Å². The molecule has 0 heterocycles. The summed E-state index contributed by atoms with van der Waals surface area (Å²) in [5.41, 5.74) is 3.29. The Balaban J connectivity index is 1.57. The van der Waals surface area contributed by atoms with E-state index in [1.54, 1.807) is 0 Å². The lowest BCUT2D eigenvalue weighted by Crippen LogP contribution is -2.04. The van der Waals surface area contributed by atoms with Crippen molar-refractivity contribution in [3.8, 4) is 16.9 Å². The summed E-state index contributed by atoms with van der Waals surface area (Å²) in [7, 11) is 0. The molecule has 0 bridgehead atoms. The zero-order chi connectivity index (χ0) is 23.7. The van der Waals surface area contributed by atoms with Gasteiger partial charge in [0.15, 0.2) is 0 Å². The molecular weight excluding hydrogens is 408 g/mol. The number of benzene rings is 2. The number of rotatable bonds is 17. The first kappa shape index (κ1) is 27.0. The third kappa shape index (κ3) is 11.4. The van der Waals surface area contributed by atoms with Gasteiger partial charge in [-0.2, -0.15) is 0 Å². The van der Waals surface area contributed by atoms with E-state index in [-0.39, 0.29) is 12.1 Å². The van der Waals surface area contributed by atoms with Crippen LogP contribution in [0.25, 0.3) is 11.1 Å².